The molecule has 0 N–H and O–H groups in total. The molecule has 0 heterocycles. The van der Waals surface area contributed by atoms with Gasteiger partial charge in [-0.25, -0.2) is 0 Å². The van der Waals surface area contributed by atoms with Gasteiger partial charge < -0.3 is 0 Å². The van der Waals surface area contributed by atoms with Crippen molar-refractivity contribution in [2.45, 2.75) is 19.8 Å². The van der Waals surface area contributed by atoms with Crippen LogP contribution in [0.4, 0.5) is 0 Å². The Labute approximate surface area is 120 Å². The van der Waals surface area contributed by atoms with E-state index in [-0.39, 0.29) is 5.78 Å². The summed E-state index contributed by atoms with van der Waals surface area (Å²) >= 11 is 0. The first kappa shape index (κ1) is 12.9. The molecule has 2 aromatic carbocycles. The van der Waals surface area contributed by atoms with Gasteiger partial charge in [-0.3, -0.25) is 4.79 Å². The van der Waals surface area contributed by atoms with Crippen molar-refractivity contribution < 1.29 is 4.79 Å². The molecule has 0 saturated heterocycles. The molecule has 0 bridgehead atoms. The smallest absolute Gasteiger partial charge is 0.185 e. The molecule has 3 rings (SSSR count). The van der Waals surface area contributed by atoms with Crippen LogP contribution in [0.3, 0.4) is 0 Å². The topological polar surface area (TPSA) is 17.1 Å². The molecule has 0 amide bonds. The lowest BCUT2D eigenvalue weighted by atomic mass is 10.0. The highest BCUT2D eigenvalue weighted by molar-refractivity contribution is 6.04. The molecule has 1 aliphatic rings. The second-order valence-electron chi connectivity index (χ2n) is 5.53. The molecule has 0 atom stereocenters. The first-order chi connectivity index (χ1) is 9.72. The van der Waals surface area contributed by atoms with Crippen LogP contribution in [-0.2, 0) is 12.8 Å². The third-order valence-corrected chi connectivity index (χ3v) is 3.94. The van der Waals surface area contributed by atoms with E-state index in [2.05, 4.69) is 30.3 Å². The number of rotatable bonds is 3. The van der Waals surface area contributed by atoms with Gasteiger partial charge in [0, 0.05) is 5.56 Å². The van der Waals surface area contributed by atoms with Gasteiger partial charge in [-0.1, -0.05) is 60.2 Å². The van der Waals surface area contributed by atoms with Gasteiger partial charge in [0.25, 0.3) is 0 Å². The SMILES string of the molecule is Cc1ccc(C(=O)/C=C/C2Cc3ccccc3C2)cc1. The van der Waals surface area contributed by atoms with Crippen LogP contribution in [0, 0.1) is 12.8 Å². The van der Waals surface area contributed by atoms with E-state index in [0.717, 1.165) is 18.4 Å². The fourth-order valence-corrected chi connectivity index (χ4v) is 2.77. The Balaban J connectivity index is 1.67. The second kappa shape index (κ2) is 5.46. The van der Waals surface area contributed by atoms with Gasteiger partial charge in [-0.05, 0) is 42.9 Å². The summed E-state index contributed by atoms with van der Waals surface area (Å²) in [6.45, 7) is 2.03. The molecular formula is C19H18O. The summed E-state index contributed by atoms with van der Waals surface area (Å²) < 4.78 is 0. The third kappa shape index (κ3) is 2.72. The molecule has 100 valence electrons. The number of aryl methyl sites for hydroxylation is 1. The normalized spacial score (nSPS) is 14.7. The fraction of sp³-hybridized carbons (Fsp3) is 0.211. The summed E-state index contributed by atoms with van der Waals surface area (Å²) in [5, 5.41) is 0. The quantitative estimate of drug-likeness (QED) is 0.600. The first-order valence-corrected chi connectivity index (χ1v) is 7.08. The minimum atomic E-state index is 0.0981. The van der Waals surface area contributed by atoms with Crippen molar-refractivity contribution in [1.29, 1.82) is 0 Å². The summed E-state index contributed by atoms with van der Waals surface area (Å²) in [7, 11) is 0. The van der Waals surface area contributed by atoms with E-state index in [9.17, 15) is 4.79 Å². The summed E-state index contributed by atoms with van der Waals surface area (Å²) in [5.74, 6) is 0.558. The summed E-state index contributed by atoms with van der Waals surface area (Å²) in [4.78, 5) is 12.1. The fourth-order valence-electron chi connectivity index (χ4n) is 2.77. The zero-order valence-electron chi connectivity index (χ0n) is 11.7. The largest absolute Gasteiger partial charge is 0.289 e. The Morgan fingerprint density at radius 2 is 1.60 bits per heavy atom. The molecule has 1 aliphatic carbocycles. The van der Waals surface area contributed by atoms with Crippen molar-refractivity contribution in [3.63, 3.8) is 0 Å². The number of hydrogen-bond acceptors (Lipinski definition) is 1. The van der Waals surface area contributed by atoms with Crippen molar-refractivity contribution in [3.8, 4) is 0 Å². The van der Waals surface area contributed by atoms with Crippen LogP contribution in [0.25, 0.3) is 0 Å². The predicted molar refractivity (Wildman–Crippen MR) is 82.0 cm³/mol. The van der Waals surface area contributed by atoms with Crippen molar-refractivity contribution in [2.75, 3.05) is 0 Å². The lowest BCUT2D eigenvalue weighted by Gasteiger charge is -2.01. The Morgan fingerprint density at radius 1 is 1.00 bits per heavy atom. The highest BCUT2D eigenvalue weighted by Crippen LogP contribution is 2.27. The Kier molecular flexibility index (Phi) is 3.51. The van der Waals surface area contributed by atoms with E-state index in [1.165, 1.54) is 16.7 Å². The molecule has 0 saturated carbocycles. The molecule has 1 heteroatoms. The van der Waals surface area contributed by atoms with Crippen LogP contribution >= 0.6 is 0 Å². The minimum absolute atomic E-state index is 0.0981. The highest BCUT2D eigenvalue weighted by atomic mass is 16.1. The molecule has 0 unspecified atom stereocenters. The number of benzene rings is 2. The zero-order valence-corrected chi connectivity index (χ0v) is 11.7. The number of allylic oxidation sites excluding steroid dienone is 2. The molecule has 20 heavy (non-hydrogen) atoms. The molecule has 0 spiro atoms. The summed E-state index contributed by atoms with van der Waals surface area (Å²) in [6, 6.07) is 16.3. The van der Waals surface area contributed by atoms with Crippen molar-refractivity contribution in [2.24, 2.45) is 5.92 Å². The molecular weight excluding hydrogens is 244 g/mol. The molecule has 0 fully saturated rings. The monoisotopic (exact) mass is 262 g/mol. The molecule has 1 nitrogen and oxygen atoms in total. The summed E-state index contributed by atoms with van der Waals surface area (Å²) in [5.41, 5.74) is 4.79. The van der Waals surface area contributed by atoms with E-state index in [4.69, 9.17) is 0 Å². The van der Waals surface area contributed by atoms with Gasteiger partial charge >= 0.3 is 0 Å². The van der Waals surface area contributed by atoms with Gasteiger partial charge in [0.1, 0.15) is 0 Å². The highest BCUT2D eigenvalue weighted by Gasteiger charge is 2.18. The zero-order chi connectivity index (χ0) is 13.9. The van der Waals surface area contributed by atoms with Gasteiger partial charge in [-0.15, -0.1) is 0 Å². The van der Waals surface area contributed by atoms with E-state index in [0.29, 0.717) is 5.92 Å². The van der Waals surface area contributed by atoms with Crippen molar-refractivity contribution >= 4 is 5.78 Å². The van der Waals surface area contributed by atoms with E-state index < -0.39 is 0 Å². The van der Waals surface area contributed by atoms with Crippen LogP contribution in [0.15, 0.2) is 60.7 Å². The van der Waals surface area contributed by atoms with Gasteiger partial charge in [-0.2, -0.15) is 0 Å². The third-order valence-electron chi connectivity index (χ3n) is 3.94. The average Bonchev–Trinajstić information content (AvgIpc) is 2.88. The molecule has 0 radical (unpaired) electrons. The maximum Gasteiger partial charge on any atom is 0.185 e. The van der Waals surface area contributed by atoms with Crippen molar-refractivity contribution in [1.82, 2.24) is 0 Å². The number of ketones is 1. The lowest BCUT2D eigenvalue weighted by molar-refractivity contribution is 0.104. The van der Waals surface area contributed by atoms with Gasteiger partial charge in [0.05, 0.1) is 0 Å². The minimum Gasteiger partial charge on any atom is -0.289 e. The standard InChI is InChI=1S/C19H18O/c1-14-6-9-16(10-7-14)19(20)11-8-15-12-17-4-2-3-5-18(17)13-15/h2-11,15H,12-13H2,1H3/b11-8+. The van der Waals surface area contributed by atoms with Gasteiger partial charge in [0.2, 0.25) is 0 Å². The first-order valence-electron chi connectivity index (χ1n) is 7.08. The molecule has 2 aromatic rings. The van der Waals surface area contributed by atoms with E-state index >= 15 is 0 Å². The average molecular weight is 262 g/mol. The number of fused-ring (bicyclic) bond motifs is 1. The molecule has 0 aromatic heterocycles. The van der Waals surface area contributed by atoms with Crippen LogP contribution in [-0.4, -0.2) is 5.78 Å². The van der Waals surface area contributed by atoms with Crippen LogP contribution < -0.4 is 0 Å². The Morgan fingerprint density at radius 3 is 2.20 bits per heavy atom. The lowest BCUT2D eigenvalue weighted by Crippen LogP contribution is -1.98. The predicted octanol–water partition coefficient (Wildman–Crippen LogP) is 4.15. The Bertz CT molecular complexity index is 625. The number of carbonyl (C=O) groups is 1. The maximum absolute atomic E-state index is 12.1. The van der Waals surface area contributed by atoms with Crippen LogP contribution in [0.5, 0.6) is 0 Å². The maximum atomic E-state index is 12.1. The van der Waals surface area contributed by atoms with Crippen LogP contribution in [0.2, 0.25) is 0 Å². The van der Waals surface area contributed by atoms with Crippen molar-refractivity contribution in [3.05, 3.63) is 82.9 Å². The van der Waals surface area contributed by atoms with E-state index in [1.54, 1.807) is 6.08 Å². The van der Waals surface area contributed by atoms with Gasteiger partial charge in [0.15, 0.2) is 5.78 Å². The van der Waals surface area contributed by atoms with Crippen LogP contribution in [0.1, 0.15) is 27.0 Å². The van der Waals surface area contributed by atoms with E-state index in [1.807, 2.05) is 31.2 Å². The Hall–Kier alpha value is -2.15. The number of hydrogen-bond donors (Lipinski definition) is 0. The summed E-state index contributed by atoms with van der Waals surface area (Å²) in [6.07, 6.45) is 5.91. The second-order valence-corrected chi connectivity index (χ2v) is 5.53. The number of carbonyl (C=O) groups excluding carboxylic acids is 1. The molecule has 0 aliphatic heterocycles.